The summed E-state index contributed by atoms with van der Waals surface area (Å²) < 4.78 is 45.1. The monoisotopic (exact) mass is 1220 g/mol. The van der Waals surface area contributed by atoms with Gasteiger partial charge in [0.25, 0.3) is 0 Å². The van der Waals surface area contributed by atoms with E-state index in [0.29, 0.717) is 39.1 Å². The van der Waals surface area contributed by atoms with Gasteiger partial charge in [-0.25, -0.2) is 4.98 Å². The fraction of sp³-hybridized carbons (Fsp3) is 0.0857. The molecule has 0 saturated carbocycles. The Bertz CT molecular complexity index is 4130. The molecule has 0 bridgehead atoms. The number of para-hydroxylation sites is 4. The number of nitrogens with one attached hydrogen (secondary N) is 2. The average Bonchev–Trinajstić information content (AvgIpc) is 1.78. The molecule has 0 unspecified atom stereocenters. The zero-order valence-electron chi connectivity index (χ0n) is 48.7. The number of ether oxygens (including phenoxy) is 1. The van der Waals surface area contributed by atoms with Crippen molar-refractivity contribution in [3.63, 3.8) is 0 Å². The van der Waals surface area contributed by atoms with Crippen molar-refractivity contribution in [1.29, 1.82) is 0 Å². The minimum absolute atomic E-state index is 0. The van der Waals surface area contributed by atoms with Gasteiger partial charge < -0.3 is 29.7 Å². The van der Waals surface area contributed by atoms with Crippen LogP contribution in [0.3, 0.4) is 0 Å². The molecule has 2 aromatic heterocycles. The summed E-state index contributed by atoms with van der Waals surface area (Å²) in [5, 5.41) is 7.39. The quantitative estimate of drug-likeness (QED) is 0.105. The maximum absolute atomic E-state index is 9.40. The van der Waals surface area contributed by atoms with E-state index in [9.17, 15) is 2.74 Å². The predicted octanol–water partition coefficient (Wildman–Crippen LogP) is 16.0. The molecule has 9 aromatic rings. The zero-order chi connectivity index (χ0) is 57.2. The molecule has 10 heteroatoms. The van der Waals surface area contributed by atoms with E-state index < -0.39 is 5.41 Å². The Morgan fingerprint density at radius 1 is 0.575 bits per heavy atom. The smallest absolute Gasteiger partial charge is 0.182 e. The molecule has 0 atom stereocenters. The molecule has 3 aliphatic heterocycles. The van der Waals surface area contributed by atoms with Gasteiger partial charge in [0.15, 0.2) is 14.6 Å². The first-order valence-corrected chi connectivity index (χ1v) is 26.4. The Hall–Kier alpha value is -8.77. The number of allylic oxidation sites excluding steroid dienone is 8. The van der Waals surface area contributed by atoms with Crippen LogP contribution in [0.5, 0.6) is 11.5 Å². The van der Waals surface area contributed by atoms with E-state index in [1.54, 1.807) is 16.8 Å². The Morgan fingerprint density at radius 3 is 1.84 bits per heavy atom. The topological polar surface area (TPSA) is 57.6 Å². The van der Waals surface area contributed by atoms with E-state index in [2.05, 4.69) is 178 Å². The van der Waals surface area contributed by atoms with Gasteiger partial charge in [0.2, 0.25) is 0 Å². The first-order chi connectivity index (χ1) is 40.4. The third kappa shape index (κ3) is 10.6. The van der Waals surface area contributed by atoms with Gasteiger partial charge in [-0.15, -0.1) is 65.6 Å². The third-order valence-corrected chi connectivity index (χ3v) is 14.6. The molecular formula is C70H57B2N6OPt-3. The Labute approximate surface area is 491 Å². The van der Waals surface area contributed by atoms with Crippen LogP contribution in [0.2, 0.25) is 0 Å². The number of fused-ring (bicyclic) bond motifs is 4. The first-order valence-electron chi connectivity index (χ1n) is 28.4. The molecule has 0 saturated heterocycles. The van der Waals surface area contributed by atoms with Crippen molar-refractivity contribution in [3.05, 3.63) is 307 Å². The summed E-state index contributed by atoms with van der Waals surface area (Å²) in [6, 6.07) is 53.7. The summed E-state index contributed by atoms with van der Waals surface area (Å²) in [7, 11) is 4.27. The van der Waals surface area contributed by atoms with Crippen LogP contribution >= 0.6 is 0 Å². The van der Waals surface area contributed by atoms with Crippen molar-refractivity contribution in [2.45, 2.75) is 38.5 Å². The van der Waals surface area contributed by atoms with Crippen LogP contribution in [0.25, 0.3) is 38.6 Å². The second-order valence-corrected chi connectivity index (χ2v) is 20.5. The zero-order valence-corrected chi connectivity index (χ0v) is 47.0. The summed E-state index contributed by atoms with van der Waals surface area (Å²) in [6.07, 6.45) is 25.6. The molecule has 0 amide bonds. The van der Waals surface area contributed by atoms with Crippen LogP contribution in [-0.4, -0.2) is 24.1 Å². The Balaban J connectivity index is 0.00000736. The van der Waals surface area contributed by atoms with Crippen molar-refractivity contribution in [3.8, 4) is 17.3 Å². The van der Waals surface area contributed by atoms with Crippen LogP contribution in [-0.2, 0) is 31.9 Å². The summed E-state index contributed by atoms with van der Waals surface area (Å²) in [5.74, 6) is 5.38. The molecule has 0 spiro atoms. The van der Waals surface area contributed by atoms with E-state index in [1.807, 2.05) is 122 Å². The number of pyridine rings is 1. The van der Waals surface area contributed by atoms with Crippen molar-refractivity contribution >= 4 is 70.1 Å². The van der Waals surface area contributed by atoms with Gasteiger partial charge >= 0.3 is 0 Å². The molecule has 80 heavy (non-hydrogen) atoms. The maximum Gasteiger partial charge on any atom is 0.182 e. The van der Waals surface area contributed by atoms with E-state index >= 15 is 0 Å². The molecule has 3 aliphatic rings. The second-order valence-electron chi connectivity index (χ2n) is 20.5. The average molecular weight is 1220 g/mol. The van der Waals surface area contributed by atoms with Gasteiger partial charge in [-0.3, -0.25) is 0 Å². The predicted molar refractivity (Wildman–Crippen MR) is 330 cm³/mol. The van der Waals surface area contributed by atoms with Gasteiger partial charge in [0, 0.05) is 91.6 Å². The van der Waals surface area contributed by atoms with Gasteiger partial charge in [-0.2, -0.15) is 6.07 Å². The second kappa shape index (κ2) is 23.3. The van der Waals surface area contributed by atoms with Crippen LogP contribution in [0, 0.1) is 18.8 Å². The van der Waals surface area contributed by atoms with E-state index in [-0.39, 0.29) is 50.6 Å². The normalized spacial score (nSPS) is 18.7. The van der Waals surface area contributed by atoms with E-state index in [4.69, 9.17) is 12.5 Å². The molecule has 7 aromatic carbocycles. The van der Waals surface area contributed by atoms with Crippen molar-refractivity contribution in [2.75, 3.05) is 9.80 Å². The van der Waals surface area contributed by atoms with Crippen molar-refractivity contribution in [1.82, 2.24) is 20.2 Å². The summed E-state index contributed by atoms with van der Waals surface area (Å²) in [4.78, 5) is 9.39. The molecule has 12 rings (SSSR count). The molecule has 2 radical (unpaired) electrons. The van der Waals surface area contributed by atoms with Gasteiger partial charge in [-0.05, 0) is 100 Å². The first kappa shape index (κ1) is 48.4. The van der Waals surface area contributed by atoms with Gasteiger partial charge in [-0.1, -0.05) is 171 Å². The summed E-state index contributed by atoms with van der Waals surface area (Å²) in [5.41, 5.74) is 11.6. The van der Waals surface area contributed by atoms with E-state index in [0.717, 1.165) is 67.1 Å². The van der Waals surface area contributed by atoms with Gasteiger partial charge in [0.1, 0.15) is 5.82 Å². The third-order valence-electron chi connectivity index (χ3n) is 14.6. The number of rotatable bonds is 10. The van der Waals surface area contributed by atoms with Crippen LogP contribution < -0.4 is 25.2 Å². The van der Waals surface area contributed by atoms with E-state index in [1.165, 1.54) is 0 Å². The van der Waals surface area contributed by atoms with Crippen LogP contribution in [0.15, 0.2) is 255 Å². The standard InChI is InChI=1S/C70H57B2N6O.Pt/c1-69(2,3)53-44-54(76-49-77(65-33-14-13-32-64(65)76)68-59(61-29-20-41-73-39-17-15-37-71-61)27-19-28-60(68)62-30-21-42-74-40-18-16-38-72-62)47-56(45-53)79-55-34-35-58-57-26-11-12-31-63(57)78(66(58)48-55)67-46-52(36-43-75-67)70(4,50-22-7-5-8-23-50)51-24-9-6-10-25-51;/h5-46,49,73-74H,1-4H3;/q-3;/b37-15-,38-16-,39-17-,40-18-,41-20-,42-21-,61-29-,62-30-;/i11D,12D,26D,31D;. The Morgan fingerprint density at radius 2 is 1.19 bits per heavy atom. The van der Waals surface area contributed by atoms with Crippen molar-refractivity contribution in [2.24, 2.45) is 0 Å². The fourth-order valence-corrected chi connectivity index (χ4v) is 10.5. The largest absolute Gasteiger partial charge is 0.509 e. The van der Waals surface area contributed by atoms with Crippen molar-refractivity contribution < 1.29 is 31.3 Å². The number of benzene rings is 7. The molecule has 5 heterocycles. The number of hydrogen-bond donors (Lipinski definition) is 2. The van der Waals surface area contributed by atoms with Crippen LogP contribution in [0.1, 0.15) is 66.6 Å². The minimum Gasteiger partial charge on any atom is -0.509 e. The van der Waals surface area contributed by atoms with Gasteiger partial charge in [0.05, 0.1) is 5.48 Å². The fourth-order valence-electron chi connectivity index (χ4n) is 10.5. The maximum atomic E-state index is 9.40. The SMILES string of the molecule is [2H]c1c([2H])c([2H])c2c(c1[2H])c1ccc(Oc3[c-]c(N4[CH-]N(c5c(/C6=C/C=C\N/C=C\C=C/[B]6)cccc5/C5=C/C=C\N/C=C\C=C/[B]5)c5ccccc54)cc(C(C)(C)C)c3)[c-]c1n2-c1cc(C(C)(c2ccccc2)c2ccccc2)ccn1.[Pt]. The molecule has 0 fully saturated rings. The Kier molecular flexibility index (Phi) is 14.1. The number of nitrogens with zero attached hydrogens (tertiary/aromatic N) is 4. The minimum atomic E-state index is -0.624. The number of anilines is 4. The molecule has 392 valence electrons. The number of hydrogen-bond acceptors (Lipinski definition) is 6. The van der Waals surface area contributed by atoms with Crippen LogP contribution in [0.4, 0.5) is 22.7 Å². The summed E-state index contributed by atoms with van der Waals surface area (Å²) >= 11 is 0. The molecule has 7 nitrogen and oxygen atoms in total. The molecule has 0 aliphatic carbocycles. The number of aromatic nitrogens is 2. The summed E-state index contributed by atoms with van der Waals surface area (Å²) in [6.45, 7) is 10.9. The molecule has 2 N–H and O–H groups in total. The molecular weight excluding hydrogens is 1160 g/mol.